The third kappa shape index (κ3) is 2.33. The molecule has 0 atom stereocenters. The van der Waals surface area contributed by atoms with E-state index in [9.17, 15) is 9.90 Å². The second kappa shape index (κ2) is 5.49. The van der Waals surface area contributed by atoms with Gasteiger partial charge in [-0.25, -0.2) is 9.78 Å². The Kier molecular flexibility index (Phi) is 3.31. The molecule has 0 radical (unpaired) electrons. The molecule has 118 valence electrons. The van der Waals surface area contributed by atoms with E-state index in [-0.39, 0.29) is 5.56 Å². The number of carboxylic acids is 1. The summed E-state index contributed by atoms with van der Waals surface area (Å²) in [5.74, 6) is -0.395. The molecule has 0 saturated heterocycles. The minimum atomic E-state index is -0.965. The molecule has 4 aromatic rings. The van der Waals surface area contributed by atoms with Crippen molar-refractivity contribution in [2.24, 2.45) is 0 Å². The molecule has 0 aliphatic carbocycles. The summed E-state index contributed by atoms with van der Waals surface area (Å²) < 4.78 is 5.83. The van der Waals surface area contributed by atoms with E-state index < -0.39 is 5.97 Å². The smallest absolute Gasteiger partial charge is 0.336 e. The van der Waals surface area contributed by atoms with Crippen molar-refractivity contribution in [3.05, 3.63) is 65.7 Å². The van der Waals surface area contributed by atoms with E-state index in [0.29, 0.717) is 22.4 Å². The number of aromatic nitrogens is 1. The zero-order valence-corrected chi connectivity index (χ0v) is 13.1. The number of benzene rings is 2. The van der Waals surface area contributed by atoms with Crippen LogP contribution in [-0.2, 0) is 6.42 Å². The largest absolute Gasteiger partial charge is 0.478 e. The number of aryl methyl sites for hydroxylation is 1. The summed E-state index contributed by atoms with van der Waals surface area (Å²) in [6.07, 6.45) is 0.848. The summed E-state index contributed by atoms with van der Waals surface area (Å²) in [6.45, 7) is 2.04. The molecule has 2 aromatic heterocycles. The van der Waals surface area contributed by atoms with Crippen molar-refractivity contribution in [3.63, 3.8) is 0 Å². The van der Waals surface area contributed by atoms with E-state index in [2.05, 4.69) is 4.98 Å². The van der Waals surface area contributed by atoms with Crippen molar-refractivity contribution < 1.29 is 14.3 Å². The maximum absolute atomic E-state index is 11.7. The Bertz CT molecular complexity index is 1050. The molecule has 0 aliphatic heterocycles. The maximum Gasteiger partial charge on any atom is 0.336 e. The lowest BCUT2D eigenvalue weighted by Crippen LogP contribution is -2.00. The van der Waals surface area contributed by atoms with Crippen LogP contribution >= 0.6 is 0 Å². The molecule has 0 amide bonds. The second-order valence-electron chi connectivity index (χ2n) is 5.71. The molecule has 4 nitrogen and oxygen atoms in total. The van der Waals surface area contributed by atoms with Crippen LogP contribution in [0.1, 0.15) is 22.8 Å². The quantitative estimate of drug-likeness (QED) is 0.583. The minimum absolute atomic E-state index is 0.241. The molecular formula is C20H15NO3. The molecular weight excluding hydrogens is 302 g/mol. The lowest BCUT2D eigenvalue weighted by Gasteiger charge is -2.07. The summed E-state index contributed by atoms with van der Waals surface area (Å²) in [7, 11) is 0. The summed E-state index contributed by atoms with van der Waals surface area (Å²) >= 11 is 0. The molecule has 4 heteroatoms. The standard InChI is InChI=1S/C20H15NO3/c1-2-12-7-8-16-14(9-12)15(20(22)23)11-17(21-16)19-10-13-5-3-4-6-18(13)24-19/h3-11H,2H2,1H3,(H,22,23). The van der Waals surface area contributed by atoms with Crippen LogP contribution in [0.15, 0.2) is 59.0 Å². The number of fused-ring (bicyclic) bond motifs is 2. The van der Waals surface area contributed by atoms with Crippen LogP contribution in [0.4, 0.5) is 0 Å². The van der Waals surface area contributed by atoms with E-state index in [4.69, 9.17) is 4.42 Å². The number of carboxylic acid groups (broad SMARTS) is 1. The lowest BCUT2D eigenvalue weighted by atomic mass is 10.0. The Morgan fingerprint density at radius 2 is 1.96 bits per heavy atom. The number of para-hydroxylation sites is 1. The van der Waals surface area contributed by atoms with Crippen LogP contribution < -0.4 is 0 Å². The van der Waals surface area contributed by atoms with Gasteiger partial charge in [0.1, 0.15) is 11.3 Å². The van der Waals surface area contributed by atoms with Gasteiger partial charge in [0.05, 0.1) is 11.1 Å². The number of nitrogens with zero attached hydrogens (tertiary/aromatic N) is 1. The zero-order valence-electron chi connectivity index (χ0n) is 13.1. The molecule has 0 unspecified atom stereocenters. The van der Waals surface area contributed by atoms with Gasteiger partial charge in [0.25, 0.3) is 0 Å². The van der Waals surface area contributed by atoms with Crippen molar-refractivity contribution in [2.45, 2.75) is 13.3 Å². The van der Waals surface area contributed by atoms with Crippen molar-refractivity contribution in [1.29, 1.82) is 0 Å². The van der Waals surface area contributed by atoms with E-state index in [1.165, 1.54) is 0 Å². The average Bonchev–Trinajstić information content (AvgIpc) is 3.04. The first-order valence-electron chi connectivity index (χ1n) is 7.81. The van der Waals surface area contributed by atoms with Gasteiger partial charge in [-0.05, 0) is 42.3 Å². The van der Waals surface area contributed by atoms with Crippen LogP contribution in [0.2, 0.25) is 0 Å². The highest BCUT2D eigenvalue weighted by Crippen LogP contribution is 2.30. The van der Waals surface area contributed by atoms with Crippen LogP contribution in [0.5, 0.6) is 0 Å². The van der Waals surface area contributed by atoms with E-state index in [1.807, 2.05) is 55.5 Å². The number of furan rings is 1. The topological polar surface area (TPSA) is 63.3 Å². The molecule has 0 spiro atoms. The fraction of sp³-hybridized carbons (Fsp3) is 0.100. The van der Waals surface area contributed by atoms with Crippen molar-refractivity contribution in [3.8, 4) is 11.5 Å². The van der Waals surface area contributed by atoms with E-state index in [0.717, 1.165) is 23.0 Å². The normalized spacial score (nSPS) is 11.2. The first-order chi connectivity index (χ1) is 11.7. The van der Waals surface area contributed by atoms with Crippen molar-refractivity contribution in [2.75, 3.05) is 0 Å². The summed E-state index contributed by atoms with van der Waals surface area (Å²) in [4.78, 5) is 16.3. The summed E-state index contributed by atoms with van der Waals surface area (Å²) in [6, 6.07) is 16.9. The predicted molar refractivity (Wildman–Crippen MR) is 93.3 cm³/mol. The van der Waals surface area contributed by atoms with Crippen molar-refractivity contribution in [1.82, 2.24) is 4.98 Å². The molecule has 0 bridgehead atoms. The number of pyridine rings is 1. The Morgan fingerprint density at radius 3 is 2.71 bits per heavy atom. The van der Waals surface area contributed by atoms with Gasteiger partial charge in [-0.3, -0.25) is 0 Å². The number of carbonyl (C=O) groups is 1. The average molecular weight is 317 g/mol. The zero-order chi connectivity index (χ0) is 16.7. The number of hydrogen-bond acceptors (Lipinski definition) is 3. The maximum atomic E-state index is 11.7. The summed E-state index contributed by atoms with van der Waals surface area (Å²) in [5, 5.41) is 11.2. The first-order valence-corrected chi connectivity index (χ1v) is 7.81. The Balaban J connectivity index is 1.97. The third-order valence-corrected chi connectivity index (χ3v) is 4.19. The van der Waals surface area contributed by atoms with E-state index >= 15 is 0 Å². The second-order valence-corrected chi connectivity index (χ2v) is 5.71. The highest BCUT2D eigenvalue weighted by molar-refractivity contribution is 6.04. The number of rotatable bonds is 3. The number of hydrogen-bond donors (Lipinski definition) is 1. The van der Waals surface area contributed by atoms with Gasteiger partial charge in [0.2, 0.25) is 0 Å². The van der Waals surface area contributed by atoms with E-state index in [1.54, 1.807) is 6.07 Å². The van der Waals surface area contributed by atoms with Crippen LogP contribution in [0.3, 0.4) is 0 Å². The molecule has 1 N–H and O–H groups in total. The van der Waals surface area contributed by atoms with Crippen molar-refractivity contribution >= 4 is 27.8 Å². The fourth-order valence-electron chi connectivity index (χ4n) is 2.90. The minimum Gasteiger partial charge on any atom is -0.478 e. The summed E-state index contributed by atoms with van der Waals surface area (Å²) in [5.41, 5.74) is 3.27. The van der Waals surface area contributed by atoms with Gasteiger partial charge in [0, 0.05) is 10.8 Å². The molecule has 4 rings (SSSR count). The van der Waals surface area contributed by atoms with Crippen LogP contribution in [0, 0.1) is 0 Å². The van der Waals surface area contributed by atoms with Gasteiger partial charge < -0.3 is 9.52 Å². The molecule has 0 aliphatic rings. The molecule has 2 aromatic carbocycles. The van der Waals surface area contributed by atoms with Gasteiger partial charge in [-0.15, -0.1) is 0 Å². The van der Waals surface area contributed by atoms with Gasteiger partial charge in [0.15, 0.2) is 5.76 Å². The predicted octanol–water partition coefficient (Wildman–Crippen LogP) is 4.91. The van der Waals surface area contributed by atoms with Gasteiger partial charge in [-0.1, -0.05) is 31.2 Å². The monoisotopic (exact) mass is 317 g/mol. The third-order valence-electron chi connectivity index (χ3n) is 4.19. The molecule has 0 fully saturated rings. The Labute approximate surface area is 138 Å². The van der Waals surface area contributed by atoms with Gasteiger partial charge >= 0.3 is 5.97 Å². The molecule has 24 heavy (non-hydrogen) atoms. The molecule has 0 saturated carbocycles. The SMILES string of the molecule is CCc1ccc2nc(-c3cc4ccccc4o3)cc(C(=O)O)c2c1. The highest BCUT2D eigenvalue weighted by atomic mass is 16.4. The fourth-order valence-corrected chi connectivity index (χ4v) is 2.90. The lowest BCUT2D eigenvalue weighted by molar-refractivity contribution is 0.0699. The Hall–Kier alpha value is -3.14. The van der Waals surface area contributed by atoms with Crippen LogP contribution in [-0.4, -0.2) is 16.1 Å². The Morgan fingerprint density at radius 1 is 1.12 bits per heavy atom. The first kappa shape index (κ1) is 14.5. The number of aromatic carboxylic acids is 1. The highest BCUT2D eigenvalue weighted by Gasteiger charge is 2.15. The molecule has 2 heterocycles. The van der Waals surface area contributed by atoms with Crippen LogP contribution in [0.25, 0.3) is 33.3 Å². The van der Waals surface area contributed by atoms with Gasteiger partial charge in [-0.2, -0.15) is 0 Å².